The van der Waals surface area contributed by atoms with Gasteiger partial charge in [-0.15, -0.1) is 0 Å². The molecule has 0 aliphatic carbocycles. The Bertz CT molecular complexity index is 1030. The first kappa shape index (κ1) is 14.6. The Hall–Kier alpha value is -2.95. The van der Waals surface area contributed by atoms with E-state index in [1.165, 1.54) is 13.2 Å². The minimum absolute atomic E-state index is 0.0129. The number of aromatic nitrogens is 1. The number of aromatic amines is 1. The summed E-state index contributed by atoms with van der Waals surface area (Å²) in [5.41, 5.74) is 2.33. The van der Waals surface area contributed by atoms with Gasteiger partial charge in [-0.2, -0.15) is 0 Å². The van der Waals surface area contributed by atoms with Crippen molar-refractivity contribution in [3.63, 3.8) is 0 Å². The van der Waals surface area contributed by atoms with Crippen molar-refractivity contribution in [3.8, 4) is 11.5 Å². The lowest BCUT2D eigenvalue weighted by Crippen LogP contribution is -2.27. The largest absolute Gasteiger partial charge is 0.506 e. The molecular weight excluding hydrogens is 306 g/mol. The van der Waals surface area contributed by atoms with Crippen LogP contribution in [0.4, 0.5) is 0 Å². The van der Waals surface area contributed by atoms with E-state index < -0.39 is 5.97 Å². The predicted molar refractivity (Wildman–Crippen MR) is 92.6 cm³/mol. The molecule has 5 heteroatoms. The second-order valence-electron chi connectivity index (χ2n) is 6.47. The van der Waals surface area contributed by atoms with Gasteiger partial charge in [0.2, 0.25) is 0 Å². The number of aromatic hydroxyl groups is 1. The number of hydrogen-bond acceptors (Lipinski definition) is 4. The van der Waals surface area contributed by atoms with Crippen molar-refractivity contribution in [2.75, 3.05) is 7.11 Å². The van der Waals surface area contributed by atoms with Crippen LogP contribution in [0.15, 0.2) is 30.3 Å². The summed E-state index contributed by atoms with van der Waals surface area (Å²) in [7, 11) is 1.32. The fourth-order valence-electron chi connectivity index (χ4n) is 3.18. The fourth-order valence-corrected chi connectivity index (χ4v) is 3.18. The van der Waals surface area contributed by atoms with Crippen LogP contribution in [-0.4, -0.2) is 28.8 Å². The van der Waals surface area contributed by atoms with E-state index in [4.69, 9.17) is 9.47 Å². The van der Waals surface area contributed by atoms with Crippen LogP contribution < -0.4 is 4.74 Å². The number of nitrogens with one attached hydrogen (secondary N) is 1. The van der Waals surface area contributed by atoms with Crippen molar-refractivity contribution in [2.45, 2.75) is 19.4 Å². The molecule has 0 unspecified atom stereocenters. The van der Waals surface area contributed by atoms with Gasteiger partial charge in [0.1, 0.15) is 17.1 Å². The first-order valence-corrected chi connectivity index (χ1v) is 7.67. The Morgan fingerprint density at radius 3 is 2.83 bits per heavy atom. The molecule has 0 saturated carbocycles. The highest BCUT2D eigenvalue weighted by atomic mass is 16.5. The van der Waals surface area contributed by atoms with Gasteiger partial charge >= 0.3 is 5.97 Å². The Balaban J connectivity index is 2.08. The molecular formula is C19H17NO4. The normalized spacial score (nSPS) is 15.3. The number of rotatable bonds is 1. The molecule has 1 aromatic heterocycles. The zero-order chi connectivity index (χ0) is 17.1. The van der Waals surface area contributed by atoms with Crippen LogP contribution >= 0.6 is 0 Å². The average Bonchev–Trinajstić information content (AvgIpc) is 2.92. The summed E-state index contributed by atoms with van der Waals surface area (Å²) in [6.07, 6.45) is 4.02. The van der Waals surface area contributed by atoms with Crippen LogP contribution in [0.3, 0.4) is 0 Å². The monoisotopic (exact) mass is 323 g/mol. The van der Waals surface area contributed by atoms with Crippen molar-refractivity contribution < 1.29 is 19.4 Å². The van der Waals surface area contributed by atoms with E-state index >= 15 is 0 Å². The van der Waals surface area contributed by atoms with Gasteiger partial charge in [0.25, 0.3) is 0 Å². The minimum Gasteiger partial charge on any atom is -0.506 e. The summed E-state index contributed by atoms with van der Waals surface area (Å²) in [6, 6.07) is 6.97. The number of fused-ring (bicyclic) bond motifs is 5. The number of hydrogen-bond donors (Lipinski definition) is 2. The van der Waals surface area contributed by atoms with E-state index in [2.05, 4.69) is 4.98 Å². The molecule has 4 rings (SSSR count). The van der Waals surface area contributed by atoms with Crippen LogP contribution in [0.5, 0.6) is 11.5 Å². The number of esters is 1. The zero-order valence-electron chi connectivity index (χ0n) is 13.6. The molecule has 122 valence electrons. The second kappa shape index (κ2) is 4.77. The summed E-state index contributed by atoms with van der Waals surface area (Å²) in [5.74, 6) is 0.303. The van der Waals surface area contributed by atoms with E-state index in [0.29, 0.717) is 11.1 Å². The highest BCUT2D eigenvalue weighted by molar-refractivity contribution is 6.15. The van der Waals surface area contributed by atoms with E-state index in [1.807, 2.05) is 38.1 Å². The van der Waals surface area contributed by atoms with Crippen molar-refractivity contribution in [3.05, 3.63) is 41.5 Å². The van der Waals surface area contributed by atoms with Crippen LogP contribution in [-0.2, 0) is 4.74 Å². The predicted octanol–water partition coefficient (Wildman–Crippen LogP) is 4.00. The number of phenols is 1. The van der Waals surface area contributed by atoms with Gasteiger partial charge in [-0.25, -0.2) is 4.79 Å². The summed E-state index contributed by atoms with van der Waals surface area (Å²) in [6.45, 7) is 3.99. The molecule has 0 saturated heterocycles. The van der Waals surface area contributed by atoms with Gasteiger partial charge in [0, 0.05) is 21.9 Å². The lowest BCUT2D eigenvalue weighted by molar-refractivity contribution is 0.0600. The van der Waals surface area contributed by atoms with Gasteiger partial charge in [-0.05, 0) is 44.2 Å². The van der Waals surface area contributed by atoms with Crippen molar-refractivity contribution in [1.82, 2.24) is 4.98 Å². The van der Waals surface area contributed by atoms with E-state index in [1.54, 1.807) is 6.07 Å². The lowest BCUT2D eigenvalue weighted by Gasteiger charge is -2.28. The van der Waals surface area contributed by atoms with Crippen molar-refractivity contribution in [2.24, 2.45) is 0 Å². The molecule has 1 aliphatic rings. The second-order valence-corrected chi connectivity index (χ2v) is 6.47. The molecule has 0 bridgehead atoms. The Morgan fingerprint density at radius 2 is 2.08 bits per heavy atom. The van der Waals surface area contributed by atoms with E-state index in [9.17, 15) is 9.90 Å². The topological polar surface area (TPSA) is 71.5 Å². The number of carbonyl (C=O) groups is 1. The molecule has 24 heavy (non-hydrogen) atoms. The average molecular weight is 323 g/mol. The van der Waals surface area contributed by atoms with E-state index in [0.717, 1.165) is 27.6 Å². The Morgan fingerprint density at radius 1 is 1.29 bits per heavy atom. The Kier molecular flexibility index (Phi) is 2.91. The van der Waals surface area contributed by atoms with Gasteiger partial charge in [-0.3, -0.25) is 0 Å². The first-order valence-electron chi connectivity index (χ1n) is 7.67. The van der Waals surface area contributed by atoms with Gasteiger partial charge in [-0.1, -0.05) is 6.08 Å². The van der Waals surface area contributed by atoms with Crippen LogP contribution in [0.25, 0.3) is 27.9 Å². The zero-order valence-corrected chi connectivity index (χ0v) is 13.6. The van der Waals surface area contributed by atoms with Gasteiger partial charge < -0.3 is 19.6 Å². The Labute approximate surface area is 138 Å². The maximum Gasteiger partial charge on any atom is 0.338 e. The quantitative estimate of drug-likeness (QED) is 0.664. The number of H-pyrrole nitrogens is 1. The van der Waals surface area contributed by atoms with Gasteiger partial charge in [0.05, 0.1) is 18.2 Å². The molecule has 0 radical (unpaired) electrons. The molecule has 2 heterocycles. The van der Waals surface area contributed by atoms with Crippen molar-refractivity contribution >= 4 is 33.9 Å². The fraction of sp³-hybridized carbons (Fsp3) is 0.211. The van der Waals surface area contributed by atoms with Crippen LogP contribution in [0.1, 0.15) is 29.8 Å². The molecule has 0 fully saturated rings. The van der Waals surface area contributed by atoms with Crippen LogP contribution in [0.2, 0.25) is 0 Å². The summed E-state index contributed by atoms with van der Waals surface area (Å²) in [4.78, 5) is 15.1. The number of methoxy groups -OCH3 is 1. The molecule has 3 aromatic rings. The number of ether oxygens (including phenoxy) is 2. The maximum atomic E-state index is 11.9. The highest BCUT2D eigenvalue weighted by Gasteiger charge is 2.24. The molecule has 0 atom stereocenters. The third kappa shape index (κ3) is 2.05. The smallest absolute Gasteiger partial charge is 0.338 e. The summed E-state index contributed by atoms with van der Waals surface area (Å²) in [5, 5.41) is 12.0. The molecule has 2 N–H and O–H groups in total. The first-order chi connectivity index (χ1) is 11.4. The summed E-state index contributed by atoms with van der Waals surface area (Å²) < 4.78 is 10.8. The number of benzene rings is 2. The standard InChI is InChI=1S/C19H17NO4/c1-19(2)7-6-11-15(24-19)5-4-13-16(11)12-8-10(18(22)23-3)9-14(21)17(12)20-13/h4-9,20-21H,1-3H3. The maximum absolute atomic E-state index is 11.9. The third-order valence-corrected chi connectivity index (χ3v) is 4.30. The molecule has 2 aromatic carbocycles. The molecule has 0 spiro atoms. The highest BCUT2D eigenvalue weighted by Crippen LogP contribution is 2.41. The molecule has 5 nitrogen and oxygen atoms in total. The van der Waals surface area contributed by atoms with E-state index in [-0.39, 0.29) is 11.4 Å². The lowest BCUT2D eigenvalue weighted by atomic mass is 9.98. The molecule has 1 aliphatic heterocycles. The third-order valence-electron chi connectivity index (χ3n) is 4.30. The summed E-state index contributed by atoms with van der Waals surface area (Å²) >= 11 is 0. The number of carbonyl (C=O) groups excluding carboxylic acids is 1. The minimum atomic E-state index is -0.487. The van der Waals surface area contributed by atoms with Crippen LogP contribution in [0, 0.1) is 0 Å². The SMILES string of the molecule is COC(=O)c1cc(O)c2[nH]c3ccc4c(c3c2c1)C=CC(C)(C)O4. The number of phenolic OH excluding ortho intramolecular Hbond substituents is 1. The molecule has 0 amide bonds. The van der Waals surface area contributed by atoms with Crippen molar-refractivity contribution in [1.29, 1.82) is 0 Å². The van der Waals surface area contributed by atoms with Gasteiger partial charge in [0.15, 0.2) is 0 Å².